The predicted octanol–water partition coefficient (Wildman–Crippen LogP) is 8.24. The summed E-state index contributed by atoms with van der Waals surface area (Å²) in [4.78, 5) is 12.1. The Morgan fingerprint density at radius 3 is 2.05 bits per heavy atom. The van der Waals surface area contributed by atoms with E-state index < -0.39 is 23.4 Å². The third kappa shape index (κ3) is 9.02. The molecule has 3 rings (SSSR count). The van der Waals surface area contributed by atoms with E-state index >= 15 is 0 Å². The highest BCUT2D eigenvalue weighted by molar-refractivity contribution is 5.91. The van der Waals surface area contributed by atoms with Crippen molar-refractivity contribution in [3.8, 4) is 23.3 Å². The van der Waals surface area contributed by atoms with Crippen LogP contribution in [0.15, 0.2) is 60.7 Å². The summed E-state index contributed by atoms with van der Waals surface area (Å²) < 4.78 is 52.6. The summed E-state index contributed by atoms with van der Waals surface area (Å²) in [5.41, 5.74) is 0.660. The molecule has 194 valence electrons. The molecule has 0 aliphatic heterocycles. The molecule has 0 saturated heterocycles. The van der Waals surface area contributed by atoms with Gasteiger partial charge in [0.1, 0.15) is 11.6 Å². The molecule has 0 unspecified atom stereocenters. The van der Waals surface area contributed by atoms with Gasteiger partial charge in [-0.15, -0.1) is 0 Å². The van der Waals surface area contributed by atoms with Crippen molar-refractivity contribution < 1.29 is 27.4 Å². The Balaban J connectivity index is 1.49. The second-order valence-corrected chi connectivity index (χ2v) is 8.73. The van der Waals surface area contributed by atoms with E-state index in [-0.39, 0.29) is 22.6 Å². The molecule has 0 aliphatic rings. The number of rotatable bonds is 12. The first-order valence-corrected chi connectivity index (χ1v) is 12.7. The maximum absolute atomic E-state index is 14.5. The highest BCUT2D eigenvalue weighted by Crippen LogP contribution is 2.23. The Bertz CT molecular complexity index is 1210. The van der Waals surface area contributed by atoms with Crippen molar-refractivity contribution in [2.24, 2.45) is 0 Å². The van der Waals surface area contributed by atoms with Crippen molar-refractivity contribution in [3.05, 3.63) is 94.8 Å². The van der Waals surface area contributed by atoms with Crippen molar-refractivity contribution in [3.63, 3.8) is 0 Å². The number of halogens is 3. The molecule has 0 bridgehead atoms. The van der Waals surface area contributed by atoms with Gasteiger partial charge >= 0.3 is 5.97 Å². The maximum atomic E-state index is 14.5. The molecule has 0 aromatic heterocycles. The van der Waals surface area contributed by atoms with Crippen molar-refractivity contribution in [2.45, 2.75) is 58.3 Å². The van der Waals surface area contributed by atoms with Crippen molar-refractivity contribution in [1.82, 2.24) is 0 Å². The van der Waals surface area contributed by atoms with Crippen LogP contribution in [0.5, 0.6) is 11.5 Å². The topological polar surface area (TPSA) is 35.5 Å². The van der Waals surface area contributed by atoms with Crippen LogP contribution in [0.25, 0.3) is 0 Å². The van der Waals surface area contributed by atoms with Crippen LogP contribution in [0.2, 0.25) is 0 Å². The first-order valence-electron chi connectivity index (χ1n) is 12.7. The predicted molar refractivity (Wildman–Crippen MR) is 138 cm³/mol. The molecule has 3 aromatic rings. The molecule has 3 nitrogen and oxygen atoms in total. The van der Waals surface area contributed by atoms with Gasteiger partial charge in [-0.1, -0.05) is 63.7 Å². The highest BCUT2D eigenvalue weighted by Gasteiger charge is 2.13. The first kappa shape index (κ1) is 27.9. The molecule has 37 heavy (non-hydrogen) atoms. The Morgan fingerprint density at radius 1 is 0.730 bits per heavy atom. The molecular formula is C31H31F3O3. The normalized spacial score (nSPS) is 10.5. The van der Waals surface area contributed by atoms with Gasteiger partial charge < -0.3 is 9.47 Å². The van der Waals surface area contributed by atoms with Crippen LogP contribution >= 0.6 is 0 Å². The minimum absolute atomic E-state index is 0.0799. The monoisotopic (exact) mass is 508 g/mol. The Kier molecular flexibility index (Phi) is 11.1. The Morgan fingerprint density at radius 2 is 1.38 bits per heavy atom. The number of unbranched alkanes of at least 4 members (excludes halogenated alkanes) is 7. The quantitative estimate of drug-likeness (QED) is 0.107. The fourth-order valence-electron chi connectivity index (χ4n) is 3.66. The van der Waals surface area contributed by atoms with Crippen LogP contribution < -0.4 is 9.47 Å². The lowest BCUT2D eigenvalue weighted by molar-refractivity contribution is 0.0734. The number of carbonyl (C=O) groups is 1. The molecule has 0 radical (unpaired) electrons. The fourth-order valence-corrected chi connectivity index (χ4v) is 3.66. The van der Waals surface area contributed by atoms with Gasteiger partial charge in [0.2, 0.25) is 5.82 Å². The number of carbonyl (C=O) groups excluding carboxylic acids is 1. The largest absolute Gasteiger partial charge is 0.490 e. The van der Waals surface area contributed by atoms with E-state index in [9.17, 15) is 18.0 Å². The minimum atomic E-state index is -1.05. The molecule has 0 heterocycles. The molecular weight excluding hydrogens is 477 g/mol. The summed E-state index contributed by atoms with van der Waals surface area (Å²) in [5, 5.41) is 0. The van der Waals surface area contributed by atoms with E-state index in [2.05, 4.69) is 18.8 Å². The lowest BCUT2D eigenvalue weighted by Gasteiger charge is -2.08. The van der Waals surface area contributed by atoms with Gasteiger partial charge in [0.05, 0.1) is 17.7 Å². The number of benzene rings is 3. The van der Waals surface area contributed by atoms with Gasteiger partial charge in [0.25, 0.3) is 0 Å². The standard InChI is InChI=1S/C31H31F3O3/c1-2-3-4-5-6-7-8-9-22-36-28-21-16-24(29(33)30(28)34)13-10-23-11-19-27(20-12-23)37-31(35)25-14-17-26(32)18-15-25/h11-12,14-21H,2-9,22H2,1H3. The lowest BCUT2D eigenvalue weighted by atomic mass is 10.1. The summed E-state index contributed by atoms with van der Waals surface area (Å²) in [6.07, 6.45) is 9.13. The Labute approximate surface area is 216 Å². The molecule has 0 fully saturated rings. The summed E-state index contributed by atoms with van der Waals surface area (Å²) in [6.45, 7) is 2.53. The van der Waals surface area contributed by atoms with E-state index in [1.54, 1.807) is 12.1 Å². The number of hydrogen-bond acceptors (Lipinski definition) is 3. The van der Waals surface area contributed by atoms with E-state index in [4.69, 9.17) is 9.47 Å². The fraction of sp³-hybridized carbons (Fsp3) is 0.323. The third-order valence-corrected chi connectivity index (χ3v) is 5.79. The smallest absolute Gasteiger partial charge is 0.343 e. The number of ether oxygens (including phenoxy) is 2. The number of hydrogen-bond donors (Lipinski definition) is 0. The van der Waals surface area contributed by atoms with Gasteiger partial charge in [0.15, 0.2) is 11.6 Å². The van der Waals surface area contributed by atoms with E-state index in [0.717, 1.165) is 19.3 Å². The Hall–Kier alpha value is -3.72. The molecule has 0 amide bonds. The highest BCUT2D eigenvalue weighted by atomic mass is 19.2. The third-order valence-electron chi connectivity index (χ3n) is 5.79. The second kappa shape index (κ2) is 14.7. The van der Waals surface area contributed by atoms with Gasteiger partial charge in [-0.25, -0.2) is 13.6 Å². The van der Waals surface area contributed by atoms with Crippen LogP contribution in [-0.2, 0) is 0 Å². The van der Waals surface area contributed by atoms with Crippen molar-refractivity contribution in [2.75, 3.05) is 6.61 Å². The summed E-state index contributed by atoms with van der Waals surface area (Å²) >= 11 is 0. The summed E-state index contributed by atoms with van der Waals surface area (Å²) in [5.74, 6) is 2.39. The minimum Gasteiger partial charge on any atom is -0.490 e. The van der Waals surface area contributed by atoms with Crippen molar-refractivity contribution >= 4 is 5.97 Å². The van der Waals surface area contributed by atoms with Crippen molar-refractivity contribution in [1.29, 1.82) is 0 Å². The second-order valence-electron chi connectivity index (χ2n) is 8.73. The van der Waals surface area contributed by atoms with Crippen LogP contribution in [-0.4, -0.2) is 12.6 Å². The van der Waals surface area contributed by atoms with Gasteiger partial charge in [0, 0.05) is 5.56 Å². The molecule has 3 aromatic carbocycles. The van der Waals surface area contributed by atoms with Crippen LogP contribution in [0.4, 0.5) is 13.2 Å². The molecule has 6 heteroatoms. The van der Waals surface area contributed by atoms with Crippen LogP contribution in [0.1, 0.15) is 79.8 Å². The molecule has 0 atom stereocenters. The molecule has 0 saturated carbocycles. The van der Waals surface area contributed by atoms with Crippen LogP contribution in [0.3, 0.4) is 0 Å². The van der Waals surface area contributed by atoms with E-state index in [1.165, 1.54) is 80.6 Å². The SMILES string of the molecule is CCCCCCCCCCOc1ccc(C#Cc2ccc(OC(=O)c3ccc(F)cc3)cc2)c(F)c1F. The van der Waals surface area contributed by atoms with Gasteiger partial charge in [-0.05, 0) is 67.1 Å². The molecule has 0 aliphatic carbocycles. The number of esters is 1. The lowest BCUT2D eigenvalue weighted by Crippen LogP contribution is -2.08. The molecule has 0 N–H and O–H groups in total. The van der Waals surface area contributed by atoms with E-state index in [0.29, 0.717) is 12.2 Å². The van der Waals surface area contributed by atoms with Gasteiger partial charge in [-0.3, -0.25) is 0 Å². The zero-order valence-corrected chi connectivity index (χ0v) is 21.0. The first-order chi connectivity index (χ1) is 18.0. The van der Waals surface area contributed by atoms with Gasteiger partial charge in [-0.2, -0.15) is 4.39 Å². The maximum Gasteiger partial charge on any atom is 0.343 e. The average Bonchev–Trinajstić information content (AvgIpc) is 2.90. The zero-order valence-electron chi connectivity index (χ0n) is 21.0. The zero-order chi connectivity index (χ0) is 26.5. The van der Waals surface area contributed by atoms with E-state index in [1.807, 2.05) is 0 Å². The summed E-state index contributed by atoms with van der Waals surface area (Å²) in [7, 11) is 0. The molecule has 0 spiro atoms. The summed E-state index contributed by atoms with van der Waals surface area (Å²) in [6, 6.07) is 14.1. The van der Waals surface area contributed by atoms with Crippen LogP contribution in [0, 0.1) is 29.3 Å². The average molecular weight is 509 g/mol.